The van der Waals surface area contributed by atoms with Crippen LogP contribution in [0.25, 0.3) is 0 Å². The average Bonchev–Trinajstić information content (AvgIpc) is 2.51. The third-order valence-corrected chi connectivity index (χ3v) is 4.09. The number of nitrogens with one attached hydrogen (secondary N) is 1. The molecule has 2 aromatic rings. The molecule has 5 heteroatoms. The SMILES string of the molecule is CCNc1ncnc(Oc2ccccc2C(C)CC)c1Br. The molecule has 0 saturated carbocycles. The number of nitrogens with zero attached hydrogens (tertiary/aromatic N) is 2. The average molecular weight is 350 g/mol. The highest BCUT2D eigenvalue weighted by Gasteiger charge is 2.14. The molecule has 0 spiro atoms. The molecule has 0 fully saturated rings. The predicted octanol–water partition coefficient (Wildman–Crippen LogP) is 4.98. The first-order chi connectivity index (χ1) is 10.2. The van der Waals surface area contributed by atoms with Crippen molar-refractivity contribution in [3.8, 4) is 11.6 Å². The van der Waals surface area contributed by atoms with Crippen LogP contribution in [0.1, 0.15) is 38.7 Å². The van der Waals surface area contributed by atoms with E-state index in [0.29, 0.717) is 11.8 Å². The molecule has 2 rings (SSSR count). The van der Waals surface area contributed by atoms with E-state index < -0.39 is 0 Å². The van der Waals surface area contributed by atoms with E-state index in [-0.39, 0.29) is 0 Å². The lowest BCUT2D eigenvalue weighted by Crippen LogP contribution is -2.03. The number of hydrogen-bond acceptors (Lipinski definition) is 4. The summed E-state index contributed by atoms with van der Waals surface area (Å²) < 4.78 is 6.75. The lowest BCUT2D eigenvalue weighted by Gasteiger charge is -2.16. The molecule has 0 aliphatic heterocycles. The molecule has 1 N–H and O–H groups in total. The van der Waals surface area contributed by atoms with Crippen molar-refractivity contribution < 1.29 is 4.74 Å². The third-order valence-electron chi connectivity index (χ3n) is 3.37. The molecule has 1 atom stereocenters. The summed E-state index contributed by atoms with van der Waals surface area (Å²) in [6.45, 7) is 7.18. The topological polar surface area (TPSA) is 47.0 Å². The van der Waals surface area contributed by atoms with E-state index in [0.717, 1.165) is 29.0 Å². The summed E-state index contributed by atoms with van der Waals surface area (Å²) in [7, 11) is 0. The Labute approximate surface area is 134 Å². The molecule has 1 heterocycles. The summed E-state index contributed by atoms with van der Waals surface area (Å²) in [6, 6.07) is 8.09. The summed E-state index contributed by atoms with van der Waals surface area (Å²) in [6.07, 6.45) is 2.57. The van der Waals surface area contributed by atoms with Gasteiger partial charge in [-0.1, -0.05) is 32.0 Å². The summed E-state index contributed by atoms with van der Waals surface area (Å²) in [5, 5.41) is 3.17. The van der Waals surface area contributed by atoms with E-state index >= 15 is 0 Å². The smallest absolute Gasteiger partial charge is 0.238 e. The molecule has 0 bridgehead atoms. The van der Waals surface area contributed by atoms with Gasteiger partial charge in [-0.15, -0.1) is 0 Å². The van der Waals surface area contributed by atoms with Gasteiger partial charge in [0.15, 0.2) is 0 Å². The minimum atomic E-state index is 0.440. The molecule has 1 unspecified atom stereocenters. The monoisotopic (exact) mass is 349 g/mol. The maximum atomic E-state index is 6.01. The standard InChI is InChI=1S/C16H20BrN3O/c1-4-11(3)12-8-6-7-9-13(12)21-16-14(17)15(18-5-2)19-10-20-16/h6-11H,4-5H2,1-3H3,(H,18,19,20). The fourth-order valence-electron chi connectivity index (χ4n) is 2.02. The number of anilines is 1. The van der Waals surface area contributed by atoms with E-state index in [1.165, 1.54) is 11.9 Å². The van der Waals surface area contributed by atoms with Crippen molar-refractivity contribution in [2.45, 2.75) is 33.1 Å². The second-order valence-electron chi connectivity index (χ2n) is 4.82. The number of hydrogen-bond donors (Lipinski definition) is 1. The highest BCUT2D eigenvalue weighted by atomic mass is 79.9. The Hall–Kier alpha value is -1.62. The first-order valence-electron chi connectivity index (χ1n) is 7.18. The molecule has 0 aliphatic rings. The molecule has 0 saturated heterocycles. The zero-order chi connectivity index (χ0) is 15.2. The second-order valence-corrected chi connectivity index (χ2v) is 5.61. The highest BCUT2D eigenvalue weighted by molar-refractivity contribution is 9.10. The van der Waals surface area contributed by atoms with Crippen molar-refractivity contribution in [2.24, 2.45) is 0 Å². The van der Waals surface area contributed by atoms with E-state index in [9.17, 15) is 0 Å². The lowest BCUT2D eigenvalue weighted by molar-refractivity contribution is 0.448. The van der Waals surface area contributed by atoms with E-state index in [2.05, 4.69) is 51.1 Å². The van der Waals surface area contributed by atoms with Gasteiger partial charge in [0.2, 0.25) is 5.88 Å². The summed E-state index contributed by atoms with van der Waals surface area (Å²) in [5.41, 5.74) is 1.19. The summed E-state index contributed by atoms with van der Waals surface area (Å²) in [4.78, 5) is 8.42. The van der Waals surface area contributed by atoms with Crippen molar-refractivity contribution >= 4 is 21.7 Å². The Morgan fingerprint density at radius 1 is 1.24 bits per heavy atom. The normalized spacial score (nSPS) is 12.0. The van der Waals surface area contributed by atoms with Crippen LogP contribution < -0.4 is 10.1 Å². The van der Waals surface area contributed by atoms with Gasteiger partial charge in [0, 0.05) is 6.54 Å². The third kappa shape index (κ3) is 3.73. The number of aromatic nitrogens is 2. The maximum Gasteiger partial charge on any atom is 0.238 e. The molecule has 4 nitrogen and oxygen atoms in total. The fourth-order valence-corrected chi connectivity index (χ4v) is 2.45. The molecule has 0 radical (unpaired) electrons. The van der Waals surface area contributed by atoms with Crippen LogP contribution in [0.2, 0.25) is 0 Å². The van der Waals surface area contributed by atoms with Gasteiger partial charge in [-0.25, -0.2) is 9.97 Å². The van der Waals surface area contributed by atoms with Crippen LogP contribution in [0.4, 0.5) is 5.82 Å². The highest BCUT2D eigenvalue weighted by Crippen LogP contribution is 2.35. The first kappa shape index (κ1) is 15.8. The van der Waals surface area contributed by atoms with Crippen LogP contribution in [0, 0.1) is 0 Å². The summed E-state index contributed by atoms with van der Waals surface area (Å²) >= 11 is 3.51. The molecular weight excluding hydrogens is 330 g/mol. The van der Waals surface area contributed by atoms with Gasteiger partial charge in [-0.3, -0.25) is 0 Å². The quantitative estimate of drug-likeness (QED) is 0.798. The summed E-state index contributed by atoms with van der Waals surface area (Å²) in [5.74, 6) is 2.55. The Bertz CT molecular complexity index is 604. The van der Waals surface area contributed by atoms with E-state index in [1.54, 1.807) is 0 Å². The van der Waals surface area contributed by atoms with E-state index in [4.69, 9.17) is 4.74 Å². The molecule has 21 heavy (non-hydrogen) atoms. The Kier molecular flexibility index (Phi) is 5.56. The molecule has 1 aromatic heterocycles. The van der Waals surface area contributed by atoms with Crippen LogP contribution >= 0.6 is 15.9 Å². The van der Waals surface area contributed by atoms with Gasteiger partial charge in [0.25, 0.3) is 0 Å². The van der Waals surface area contributed by atoms with Crippen LogP contribution in [0.15, 0.2) is 35.1 Å². The zero-order valence-electron chi connectivity index (χ0n) is 12.6. The number of rotatable bonds is 6. The van der Waals surface area contributed by atoms with Crippen LogP contribution in [0.5, 0.6) is 11.6 Å². The van der Waals surface area contributed by atoms with Crippen molar-refractivity contribution in [3.63, 3.8) is 0 Å². The van der Waals surface area contributed by atoms with Crippen molar-refractivity contribution in [1.82, 2.24) is 9.97 Å². The zero-order valence-corrected chi connectivity index (χ0v) is 14.1. The van der Waals surface area contributed by atoms with Gasteiger partial charge in [0.1, 0.15) is 22.4 Å². The van der Waals surface area contributed by atoms with Gasteiger partial charge in [-0.05, 0) is 46.8 Å². The fraction of sp³-hybridized carbons (Fsp3) is 0.375. The molecule has 0 aliphatic carbocycles. The van der Waals surface area contributed by atoms with Crippen LogP contribution in [0.3, 0.4) is 0 Å². The van der Waals surface area contributed by atoms with Gasteiger partial charge >= 0.3 is 0 Å². The Balaban J connectivity index is 2.33. The molecule has 1 aromatic carbocycles. The molecular formula is C16H20BrN3O. The number of benzene rings is 1. The minimum absolute atomic E-state index is 0.440. The van der Waals surface area contributed by atoms with Crippen molar-refractivity contribution in [3.05, 3.63) is 40.6 Å². The Morgan fingerprint density at radius 3 is 2.71 bits per heavy atom. The van der Waals surface area contributed by atoms with Gasteiger partial charge in [0.05, 0.1) is 0 Å². The maximum absolute atomic E-state index is 6.01. The second kappa shape index (κ2) is 7.41. The van der Waals surface area contributed by atoms with Crippen molar-refractivity contribution in [1.29, 1.82) is 0 Å². The first-order valence-corrected chi connectivity index (χ1v) is 7.97. The predicted molar refractivity (Wildman–Crippen MR) is 89.1 cm³/mol. The van der Waals surface area contributed by atoms with Crippen LogP contribution in [-0.2, 0) is 0 Å². The van der Waals surface area contributed by atoms with Crippen LogP contribution in [-0.4, -0.2) is 16.5 Å². The lowest BCUT2D eigenvalue weighted by atomic mass is 9.98. The van der Waals surface area contributed by atoms with Crippen molar-refractivity contribution in [2.75, 3.05) is 11.9 Å². The molecule has 112 valence electrons. The molecule has 0 amide bonds. The number of halogens is 1. The van der Waals surface area contributed by atoms with E-state index in [1.807, 2.05) is 25.1 Å². The van der Waals surface area contributed by atoms with Gasteiger partial charge in [-0.2, -0.15) is 0 Å². The largest absolute Gasteiger partial charge is 0.437 e. The van der Waals surface area contributed by atoms with Gasteiger partial charge < -0.3 is 10.1 Å². The minimum Gasteiger partial charge on any atom is -0.437 e. The Morgan fingerprint density at radius 2 is 2.00 bits per heavy atom. The number of ether oxygens (including phenoxy) is 1. The number of para-hydroxylation sites is 1.